The van der Waals surface area contributed by atoms with Crippen molar-refractivity contribution in [3.63, 3.8) is 0 Å². The normalized spacial score (nSPS) is 11.0. The van der Waals surface area contributed by atoms with Crippen molar-refractivity contribution in [2.24, 2.45) is 0 Å². The summed E-state index contributed by atoms with van der Waals surface area (Å²) in [6.45, 7) is 6.38. The van der Waals surface area contributed by atoms with Crippen molar-refractivity contribution in [1.29, 1.82) is 5.26 Å². The molecule has 2 heterocycles. The molecule has 0 unspecified atom stereocenters. The number of H-pyrrole nitrogens is 1. The highest BCUT2D eigenvalue weighted by Gasteiger charge is 2.18. The van der Waals surface area contributed by atoms with E-state index in [9.17, 15) is 14.9 Å². The molecule has 0 aliphatic carbocycles. The van der Waals surface area contributed by atoms with E-state index in [4.69, 9.17) is 4.42 Å². The number of rotatable bonds is 6. The molecular weight excluding hydrogens is 358 g/mol. The molecule has 1 amide bonds. The van der Waals surface area contributed by atoms with Gasteiger partial charge < -0.3 is 9.40 Å². The fraction of sp³-hybridized carbons (Fsp3) is 0.300. The van der Waals surface area contributed by atoms with Gasteiger partial charge in [0.15, 0.2) is 0 Å². The van der Waals surface area contributed by atoms with E-state index in [0.717, 1.165) is 0 Å². The van der Waals surface area contributed by atoms with Crippen LogP contribution in [0.25, 0.3) is 10.9 Å². The number of aryl methyl sites for hydroxylation is 1. The minimum absolute atomic E-state index is 0.0662. The molecule has 28 heavy (non-hydrogen) atoms. The van der Waals surface area contributed by atoms with E-state index in [1.807, 2.05) is 24.0 Å². The van der Waals surface area contributed by atoms with Gasteiger partial charge in [0.25, 0.3) is 5.56 Å². The lowest BCUT2D eigenvalue weighted by Gasteiger charge is -2.19. The zero-order chi connectivity index (χ0) is 20.3. The molecule has 1 aromatic carbocycles. The number of nitrogens with zero attached hydrogens (tertiary/aromatic N) is 3. The van der Waals surface area contributed by atoms with Crippen LogP contribution in [0.2, 0.25) is 0 Å². The second-order valence-electron chi connectivity index (χ2n) is 6.48. The molecule has 8 nitrogen and oxygen atoms in total. The summed E-state index contributed by atoms with van der Waals surface area (Å²) in [5.74, 6) is 0.934. The van der Waals surface area contributed by atoms with Crippen LogP contribution in [-0.2, 0) is 11.3 Å². The van der Waals surface area contributed by atoms with Crippen molar-refractivity contribution in [2.45, 2.75) is 27.3 Å². The molecule has 0 radical (unpaired) electrons. The molecular formula is C20H21N5O3. The summed E-state index contributed by atoms with van der Waals surface area (Å²) >= 11 is 0. The Balaban J connectivity index is 1.73. The molecule has 8 heteroatoms. The lowest BCUT2D eigenvalue weighted by Crippen LogP contribution is -2.34. The van der Waals surface area contributed by atoms with Gasteiger partial charge in [-0.3, -0.25) is 19.8 Å². The van der Waals surface area contributed by atoms with E-state index < -0.39 is 0 Å². The smallest absolute Gasteiger partial charge is 0.258 e. The van der Waals surface area contributed by atoms with E-state index in [-0.39, 0.29) is 23.9 Å². The number of nitriles is 1. The van der Waals surface area contributed by atoms with Crippen molar-refractivity contribution in [3.8, 4) is 6.07 Å². The molecule has 0 fully saturated rings. The fourth-order valence-electron chi connectivity index (χ4n) is 2.92. The molecule has 3 rings (SSSR count). The molecule has 3 aromatic rings. The van der Waals surface area contributed by atoms with Gasteiger partial charge in [-0.1, -0.05) is 19.1 Å². The van der Waals surface area contributed by atoms with Crippen LogP contribution in [0, 0.1) is 25.2 Å². The third kappa shape index (κ3) is 3.94. The van der Waals surface area contributed by atoms with Gasteiger partial charge in [-0.15, -0.1) is 0 Å². The van der Waals surface area contributed by atoms with Crippen molar-refractivity contribution < 1.29 is 9.21 Å². The Labute approximate surface area is 161 Å². The highest BCUT2D eigenvalue weighted by Crippen LogP contribution is 2.25. The SMILES string of the molecule is CCN(CC(=O)Nc1oc(C)c(C)c1C#N)Cc1nc2ccccc2c(=O)[nH]1. The van der Waals surface area contributed by atoms with Gasteiger partial charge in [0.1, 0.15) is 23.2 Å². The molecule has 2 aromatic heterocycles. The van der Waals surface area contributed by atoms with E-state index >= 15 is 0 Å². The number of likely N-dealkylation sites (N-methyl/N-ethyl adjacent to an activating group) is 1. The summed E-state index contributed by atoms with van der Waals surface area (Å²) in [4.78, 5) is 33.7. The number of amides is 1. The maximum atomic E-state index is 12.4. The second kappa shape index (κ2) is 8.06. The first-order valence-electron chi connectivity index (χ1n) is 8.93. The van der Waals surface area contributed by atoms with E-state index in [0.29, 0.717) is 46.7 Å². The monoisotopic (exact) mass is 379 g/mol. The predicted molar refractivity (Wildman–Crippen MR) is 105 cm³/mol. The third-order valence-corrected chi connectivity index (χ3v) is 4.60. The van der Waals surface area contributed by atoms with Crippen LogP contribution in [0.15, 0.2) is 33.5 Å². The molecule has 0 atom stereocenters. The largest absolute Gasteiger partial charge is 0.444 e. The number of aromatic amines is 1. The molecule has 0 saturated heterocycles. The van der Waals surface area contributed by atoms with Crippen LogP contribution < -0.4 is 10.9 Å². The van der Waals surface area contributed by atoms with Gasteiger partial charge in [-0.2, -0.15) is 5.26 Å². The lowest BCUT2D eigenvalue weighted by atomic mass is 10.2. The molecule has 0 aliphatic heterocycles. The first-order chi connectivity index (χ1) is 13.4. The van der Waals surface area contributed by atoms with Crippen LogP contribution in [0.4, 0.5) is 5.88 Å². The predicted octanol–water partition coefficient (Wildman–Crippen LogP) is 2.47. The Kier molecular flexibility index (Phi) is 5.57. The number of benzene rings is 1. The van der Waals surface area contributed by atoms with Crippen LogP contribution in [0.3, 0.4) is 0 Å². The summed E-state index contributed by atoms with van der Waals surface area (Å²) in [7, 11) is 0. The van der Waals surface area contributed by atoms with Gasteiger partial charge in [-0.25, -0.2) is 4.98 Å². The highest BCUT2D eigenvalue weighted by molar-refractivity contribution is 5.92. The van der Waals surface area contributed by atoms with Crippen molar-refractivity contribution in [3.05, 3.63) is 57.3 Å². The van der Waals surface area contributed by atoms with Gasteiger partial charge in [0, 0.05) is 5.56 Å². The number of furan rings is 1. The van der Waals surface area contributed by atoms with Crippen LogP contribution in [0.1, 0.15) is 29.6 Å². The summed E-state index contributed by atoms with van der Waals surface area (Å²) in [6.07, 6.45) is 0. The number of fused-ring (bicyclic) bond motifs is 1. The number of hydrogen-bond donors (Lipinski definition) is 2. The first-order valence-corrected chi connectivity index (χ1v) is 8.93. The Hall–Kier alpha value is -3.44. The minimum atomic E-state index is -0.310. The molecule has 2 N–H and O–H groups in total. The Morgan fingerprint density at radius 3 is 2.82 bits per heavy atom. The quantitative estimate of drug-likeness (QED) is 0.680. The second-order valence-corrected chi connectivity index (χ2v) is 6.48. The topological polar surface area (TPSA) is 115 Å². The van der Waals surface area contributed by atoms with Gasteiger partial charge in [-0.05, 0) is 32.5 Å². The average molecular weight is 379 g/mol. The zero-order valence-electron chi connectivity index (χ0n) is 16.0. The molecule has 144 valence electrons. The molecule has 0 aliphatic rings. The number of carbonyl (C=O) groups excluding carboxylic acids is 1. The summed E-state index contributed by atoms with van der Waals surface area (Å²) in [6, 6.07) is 9.16. The zero-order valence-corrected chi connectivity index (χ0v) is 16.0. The van der Waals surface area contributed by atoms with Gasteiger partial charge in [0.05, 0.1) is 24.0 Å². The minimum Gasteiger partial charge on any atom is -0.444 e. The number of carbonyl (C=O) groups is 1. The third-order valence-electron chi connectivity index (χ3n) is 4.60. The van der Waals surface area contributed by atoms with Gasteiger partial charge in [0.2, 0.25) is 11.8 Å². The fourth-order valence-corrected chi connectivity index (χ4v) is 2.92. The molecule has 0 bridgehead atoms. The van der Waals surface area contributed by atoms with Crippen molar-refractivity contribution in [2.75, 3.05) is 18.4 Å². The van der Waals surface area contributed by atoms with E-state index in [2.05, 4.69) is 15.3 Å². The number of aromatic nitrogens is 2. The summed E-state index contributed by atoms with van der Waals surface area (Å²) in [5.41, 5.74) is 1.45. The van der Waals surface area contributed by atoms with E-state index in [1.54, 1.807) is 32.0 Å². The standard InChI is InChI=1S/C20H21N5O3/c1-4-25(10-17-22-16-8-6-5-7-14(16)19(27)23-17)11-18(26)24-20-15(9-21)12(2)13(3)28-20/h5-8H,4,10-11H2,1-3H3,(H,24,26)(H,22,23,27). The van der Waals surface area contributed by atoms with Crippen molar-refractivity contribution in [1.82, 2.24) is 14.9 Å². The lowest BCUT2D eigenvalue weighted by molar-refractivity contribution is -0.117. The average Bonchev–Trinajstić information content (AvgIpc) is 2.93. The Morgan fingerprint density at radius 1 is 1.36 bits per heavy atom. The summed E-state index contributed by atoms with van der Waals surface area (Å²) in [5, 5.41) is 12.4. The molecule has 0 saturated carbocycles. The van der Waals surface area contributed by atoms with Crippen LogP contribution >= 0.6 is 0 Å². The van der Waals surface area contributed by atoms with Crippen molar-refractivity contribution >= 4 is 22.7 Å². The van der Waals surface area contributed by atoms with E-state index in [1.165, 1.54) is 0 Å². The number of nitrogens with one attached hydrogen (secondary N) is 2. The summed E-state index contributed by atoms with van der Waals surface area (Å²) < 4.78 is 5.47. The highest BCUT2D eigenvalue weighted by atomic mass is 16.4. The maximum absolute atomic E-state index is 12.4. The van der Waals surface area contributed by atoms with Crippen LogP contribution in [-0.4, -0.2) is 33.9 Å². The van der Waals surface area contributed by atoms with Crippen LogP contribution in [0.5, 0.6) is 0 Å². The number of anilines is 1. The molecule has 0 spiro atoms. The maximum Gasteiger partial charge on any atom is 0.258 e. The van der Waals surface area contributed by atoms with Gasteiger partial charge >= 0.3 is 0 Å². The number of para-hydroxylation sites is 1. The Morgan fingerprint density at radius 2 is 2.11 bits per heavy atom. The first kappa shape index (κ1) is 19.3. The Bertz CT molecular complexity index is 1120. The number of hydrogen-bond acceptors (Lipinski definition) is 6.